The summed E-state index contributed by atoms with van der Waals surface area (Å²) in [7, 11) is 0. The second-order valence-electron chi connectivity index (χ2n) is 5.79. The lowest BCUT2D eigenvalue weighted by molar-refractivity contribution is -0.149. The van der Waals surface area contributed by atoms with Crippen LogP contribution in [0.3, 0.4) is 0 Å². The van der Waals surface area contributed by atoms with E-state index in [4.69, 9.17) is 4.74 Å². The lowest BCUT2D eigenvalue weighted by Gasteiger charge is -2.30. The summed E-state index contributed by atoms with van der Waals surface area (Å²) >= 11 is 0. The van der Waals surface area contributed by atoms with Crippen molar-refractivity contribution < 1.29 is 14.3 Å². The molecule has 23 heavy (non-hydrogen) atoms. The number of likely N-dealkylation sites (tertiary alicyclic amines) is 1. The molecule has 6 nitrogen and oxygen atoms in total. The number of imidazole rings is 1. The van der Waals surface area contributed by atoms with E-state index >= 15 is 0 Å². The van der Waals surface area contributed by atoms with Gasteiger partial charge in [0.05, 0.1) is 18.2 Å². The smallest absolute Gasteiger partial charge is 0.309 e. The molecule has 0 aromatic carbocycles. The SMILES string of the molecule is CCOC(=O)C1CCN(C(=O)c2c(C)nc3ccccn23)CC1. The Kier molecular flexibility index (Phi) is 4.32. The minimum absolute atomic E-state index is 0.0245. The second kappa shape index (κ2) is 6.40. The molecule has 0 bridgehead atoms. The summed E-state index contributed by atoms with van der Waals surface area (Å²) in [6.45, 7) is 5.21. The van der Waals surface area contributed by atoms with Crippen LogP contribution in [0.2, 0.25) is 0 Å². The van der Waals surface area contributed by atoms with Gasteiger partial charge in [-0.2, -0.15) is 0 Å². The van der Waals surface area contributed by atoms with E-state index in [0.29, 0.717) is 38.2 Å². The van der Waals surface area contributed by atoms with Gasteiger partial charge in [-0.25, -0.2) is 4.98 Å². The van der Waals surface area contributed by atoms with Gasteiger partial charge >= 0.3 is 5.97 Å². The molecule has 1 aliphatic heterocycles. The fourth-order valence-corrected chi connectivity index (χ4v) is 3.10. The molecular weight excluding hydrogens is 294 g/mol. The minimum atomic E-state index is -0.148. The molecule has 1 amide bonds. The summed E-state index contributed by atoms with van der Waals surface area (Å²) in [6, 6.07) is 5.68. The van der Waals surface area contributed by atoms with Gasteiger partial charge in [-0.15, -0.1) is 0 Å². The van der Waals surface area contributed by atoms with E-state index in [9.17, 15) is 9.59 Å². The van der Waals surface area contributed by atoms with Crippen molar-refractivity contribution in [3.05, 3.63) is 35.8 Å². The van der Waals surface area contributed by atoms with Gasteiger partial charge in [-0.05, 0) is 38.8 Å². The fraction of sp³-hybridized carbons (Fsp3) is 0.471. The molecule has 6 heteroatoms. The summed E-state index contributed by atoms with van der Waals surface area (Å²) in [4.78, 5) is 30.9. The minimum Gasteiger partial charge on any atom is -0.466 e. The van der Waals surface area contributed by atoms with Gasteiger partial charge in [0.1, 0.15) is 11.3 Å². The number of rotatable bonds is 3. The van der Waals surface area contributed by atoms with Crippen LogP contribution in [0.4, 0.5) is 0 Å². The number of carbonyl (C=O) groups excluding carboxylic acids is 2. The zero-order chi connectivity index (χ0) is 16.4. The quantitative estimate of drug-likeness (QED) is 0.813. The van der Waals surface area contributed by atoms with Gasteiger partial charge < -0.3 is 9.64 Å². The van der Waals surface area contributed by atoms with Crippen LogP contribution in [0.15, 0.2) is 24.4 Å². The first-order chi connectivity index (χ1) is 11.1. The molecule has 122 valence electrons. The summed E-state index contributed by atoms with van der Waals surface area (Å²) < 4.78 is 6.90. The molecule has 0 atom stereocenters. The largest absolute Gasteiger partial charge is 0.466 e. The number of carbonyl (C=O) groups is 2. The molecule has 1 fully saturated rings. The normalized spacial score (nSPS) is 15.8. The Morgan fingerprint density at radius 3 is 2.74 bits per heavy atom. The predicted octanol–water partition coefficient (Wildman–Crippen LogP) is 2.06. The lowest BCUT2D eigenvalue weighted by Crippen LogP contribution is -2.41. The topological polar surface area (TPSA) is 63.9 Å². The van der Waals surface area contributed by atoms with Crippen LogP contribution in [-0.4, -0.2) is 45.9 Å². The lowest BCUT2D eigenvalue weighted by atomic mass is 9.97. The number of nitrogens with zero attached hydrogens (tertiary/aromatic N) is 3. The summed E-state index contributed by atoms with van der Waals surface area (Å²) in [6.07, 6.45) is 3.16. The van der Waals surface area contributed by atoms with Gasteiger partial charge in [0, 0.05) is 19.3 Å². The van der Waals surface area contributed by atoms with E-state index in [1.54, 1.807) is 4.90 Å². The highest BCUT2D eigenvalue weighted by molar-refractivity contribution is 5.94. The highest BCUT2D eigenvalue weighted by atomic mass is 16.5. The van der Waals surface area contributed by atoms with Gasteiger partial charge in [-0.1, -0.05) is 6.07 Å². The van der Waals surface area contributed by atoms with Crippen LogP contribution in [0.1, 0.15) is 35.9 Å². The Balaban J connectivity index is 1.74. The Hall–Kier alpha value is -2.37. The number of ether oxygens (including phenoxy) is 1. The number of hydrogen-bond acceptors (Lipinski definition) is 4. The average Bonchev–Trinajstić information content (AvgIpc) is 2.90. The van der Waals surface area contributed by atoms with E-state index in [1.165, 1.54) is 0 Å². The van der Waals surface area contributed by atoms with Crippen molar-refractivity contribution in [2.45, 2.75) is 26.7 Å². The first kappa shape index (κ1) is 15.5. The molecule has 1 saturated heterocycles. The number of hydrogen-bond donors (Lipinski definition) is 0. The molecule has 0 aliphatic carbocycles. The van der Waals surface area contributed by atoms with E-state index < -0.39 is 0 Å². The van der Waals surface area contributed by atoms with Gasteiger partial charge in [-0.3, -0.25) is 14.0 Å². The van der Waals surface area contributed by atoms with Crippen molar-refractivity contribution in [1.82, 2.24) is 14.3 Å². The van der Waals surface area contributed by atoms with Crippen LogP contribution < -0.4 is 0 Å². The van der Waals surface area contributed by atoms with E-state index in [-0.39, 0.29) is 17.8 Å². The zero-order valence-corrected chi connectivity index (χ0v) is 13.5. The first-order valence-corrected chi connectivity index (χ1v) is 8.01. The molecule has 0 N–H and O–H groups in total. The number of aryl methyl sites for hydroxylation is 1. The van der Waals surface area contributed by atoms with Crippen LogP contribution in [0.25, 0.3) is 5.65 Å². The molecule has 1 aliphatic rings. The highest BCUT2D eigenvalue weighted by Crippen LogP contribution is 2.22. The molecule has 3 heterocycles. The number of pyridine rings is 1. The van der Waals surface area contributed by atoms with Crippen molar-refractivity contribution in [3.8, 4) is 0 Å². The second-order valence-corrected chi connectivity index (χ2v) is 5.79. The monoisotopic (exact) mass is 315 g/mol. The van der Waals surface area contributed by atoms with Gasteiger partial charge in [0.25, 0.3) is 5.91 Å². The maximum absolute atomic E-state index is 12.8. The third kappa shape index (κ3) is 2.93. The van der Waals surface area contributed by atoms with Crippen molar-refractivity contribution in [3.63, 3.8) is 0 Å². The van der Waals surface area contributed by atoms with E-state index in [0.717, 1.165) is 11.3 Å². The number of esters is 1. The third-order valence-corrected chi connectivity index (χ3v) is 4.31. The van der Waals surface area contributed by atoms with Gasteiger partial charge in [0.15, 0.2) is 0 Å². The zero-order valence-electron chi connectivity index (χ0n) is 13.5. The fourth-order valence-electron chi connectivity index (χ4n) is 3.10. The number of aromatic nitrogens is 2. The molecule has 3 rings (SSSR count). The standard InChI is InChI=1S/C17H21N3O3/c1-3-23-17(22)13-7-10-19(11-8-13)16(21)15-12(2)18-14-6-4-5-9-20(14)15/h4-6,9,13H,3,7-8,10-11H2,1-2H3. The molecular formula is C17H21N3O3. The van der Waals surface area contributed by atoms with Crippen LogP contribution >= 0.6 is 0 Å². The van der Waals surface area contributed by atoms with Crippen molar-refractivity contribution in [2.75, 3.05) is 19.7 Å². The third-order valence-electron chi connectivity index (χ3n) is 4.31. The molecule has 0 saturated carbocycles. The van der Waals surface area contributed by atoms with E-state index in [1.807, 2.05) is 42.6 Å². The summed E-state index contributed by atoms with van der Waals surface area (Å²) in [5, 5.41) is 0. The van der Waals surface area contributed by atoms with Crippen molar-refractivity contribution >= 4 is 17.5 Å². The van der Waals surface area contributed by atoms with E-state index in [2.05, 4.69) is 4.98 Å². The maximum atomic E-state index is 12.8. The number of piperidine rings is 1. The highest BCUT2D eigenvalue weighted by Gasteiger charge is 2.30. The molecule has 0 unspecified atom stereocenters. The Morgan fingerprint density at radius 1 is 1.30 bits per heavy atom. The molecule has 2 aromatic heterocycles. The van der Waals surface area contributed by atoms with Crippen LogP contribution in [0, 0.1) is 12.8 Å². The first-order valence-electron chi connectivity index (χ1n) is 8.01. The number of fused-ring (bicyclic) bond motifs is 1. The summed E-state index contributed by atoms with van der Waals surface area (Å²) in [5.74, 6) is -0.267. The predicted molar refractivity (Wildman–Crippen MR) is 85.2 cm³/mol. The molecule has 0 spiro atoms. The van der Waals surface area contributed by atoms with Crippen molar-refractivity contribution in [2.24, 2.45) is 5.92 Å². The van der Waals surface area contributed by atoms with Crippen molar-refractivity contribution in [1.29, 1.82) is 0 Å². The summed E-state index contributed by atoms with van der Waals surface area (Å²) in [5.41, 5.74) is 2.11. The van der Waals surface area contributed by atoms with Crippen LogP contribution in [0.5, 0.6) is 0 Å². The number of amides is 1. The average molecular weight is 315 g/mol. The van der Waals surface area contributed by atoms with Gasteiger partial charge in [0.2, 0.25) is 0 Å². The maximum Gasteiger partial charge on any atom is 0.309 e. The Morgan fingerprint density at radius 2 is 2.04 bits per heavy atom. The molecule has 0 radical (unpaired) electrons. The molecule has 2 aromatic rings. The Bertz CT molecular complexity index is 730. The van der Waals surface area contributed by atoms with Crippen LogP contribution in [-0.2, 0) is 9.53 Å². The Labute approximate surface area is 135 Å².